The van der Waals surface area contributed by atoms with Crippen LogP contribution in [0.25, 0.3) is 10.9 Å². The van der Waals surface area contributed by atoms with E-state index in [-0.39, 0.29) is 23.6 Å². The summed E-state index contributed by atoms with van der Waals surface area (Å²) in [7, 11) is 0. The van der Waals surface area contributed by atoms with E-state index in [4.69, 9.17) is 0 Å². The van der Waals surface area contributed by atoms with Crippen LogP contribution < -0.4 is 5.32 Å². The average Bonchev–Trinajstić information content (AvgIpc) is 3.36. The van der Waals surface area contributed by atoms with E-state index < -0.39 is 0 Å². The van der Waals surface area contributed by atoms with Crippen molar-refractivity contribution in [1.82, 2.24) is 4.98 Å². The zero-order valence-corrected chi connectivity index (χ0v) is 12.4. The molecule has 1 aliphatic carbocycles. The summed E-state index contributed by atoms with van der Waals surface area (Å²) >= 11 is 0. The number of fused-ring (bicyclic) bond motifs is 1. The summed E-state index contributed by atoms with van der Waals surface area (Å²) in [5, 5.41) is 3.91. The number of nitrogens with zero attached hydrogens (tertiary/aromatic N) is 1. The van der Waals surface area contributed by atoms with Gasteiger partial charge in [-0.1, -0.05) is 18.2 Å². The molecule has 0 aliphatic heterocycles. The van der Waals surface area contributed by atoms with E-state index in [1.807, 2.05) is 36.4 Å². The molecule has 114 valence electrons. The molecule has 3 aromatic rings. The third-order valence-corrected chi connectivity index (χ3v) is 4.31. The van der Waals surface area contributed by atoms with Crippen molar-refractivity contribution in [2.45, 2.75) is 12.3 Å². The van der Waals surface area contributed by atoms with Crippen LogP contribution in [0.15, 0.2) is 60.8 Å². The Labute approximate surface area is 133 Å². The summed E-state index contributed by atoms with van der Waals surface area (Å²) in [6.07, 6.45) is 2.49. The van der Waals surface area contributed by atoms with Gasteiger partial charge in [0.2, 0.25) is 5.91 Å². The standard InChI is InChI=1S/C19H15FN2O/c20-13-5-1-4-12(10-13)15-11-16(15)19(23)22-18-8-2-7-17-14(18)6-3-9-21-17/h1-10,15-16H,11H2,(H,22,23). The highest BCUT2D eigenvalue weighted by Crippen LogP contribution is 2.48. The lowest BCUT2D eigenvalue weighted by Gasteiger charge is -2.08. The smallest absolute Gasteiger partial charge is 0.228 e. The first-order valence-electron chi connectivity index (χ1n) is 7.62. The van der Waals surface area contributed by atoms with Crippen molar-refractivity contribution in [2.24, 2.45) is 5.92 Å². The van der Waals surface area contributed by atoms with Crippen molar-refractivity contribution in [3.63, 3.8) is 0 Å². The third kappa shape index (κ3) is 2.68. The summed E-state index contributed by atoms with van der Waals surface area (Å²) in [6.45, 7) is 0. The molecular weight excluding hydrogens is 291 g/mol. The fourth-order valence-electron chi connectivity index (χ4n) is 3.03. The number of hydrogen-bond donors (Lipinski definition) is 1. The van der Waals surface area contributed by atoms with Crippen LogP contribution in [0.3, 0.4) is 0 Å². The van der Waals surface area contributed by atoms with Crippen molar-refractivity contribution in [3.05, 3.63) is 72.2 Å². The minimum atomic E-state index is -0.256. The molecule has 23 heavy (non-hydrogen) atoms. The van der Waals surface area contributed by atoms with Crippen molar-refractivity contribution in [3.8, 4) is 0 Å². The number of carbonyl (C=O) groups is 1. The van der Waals surface area contributed by atoms with E-state index in [9.17, 15) is 9.18 Å². The molecule has 1 amide bonds. The highest BCUT2D eigenvalue weighted by molar-refractivity contribution is 6.02. The molecule has 2 aromatic carbocycles. The van der Waals surface area contributed by atoms with Crippen LogP contribution in [0.4, 0.5) is 10.1 Å². The number of amides is 1. The zero-order valence-electron chi connectivity index (χ0n) is 12.4. The lowest BCUT2D eigenvalue weighted by molar-refractivity contribution is -0.117. The predicted molar refractivity (Wildman–Crippen MR) is 87.6 cm³/mol. The monoisotopic (exact) mass is 306 g/mol. The number of hydrogen-bond acceptors (Lipinski definition) is 2. The molecule has 2 atom stereocenters. The molecule has 1 N–H and O–H groups in total. The van der Waals surface area contributed by atoms with Crippen molar-refractivity contribution in [2.75, 3.05) is 5.32 Å². The maximum absolute atomic E-state index is 13.3. The third-order valence-electron chi connectivity index (χ3n) is 4.31. The number of anilines is 1. The van der Waals surface area contributed by atoms with Gasteiger partial charge < -0.3 is 5.32 Å². The average molecular weight is 306 g/mol. The molecule has 0 saturated heterocycles. The van der Waals surface area contributed by atoms with E-state index in [0.29, 0.717) is 0 Å². The molecule has 1 aliphatic rings. The van der Waals surface area contributed by atoms with Crippen LogP contribution in [-0.4, -0.2) is 10.9 Å². The van der Waals surface area contributed by atoms with Crippen LogP contribution in [0.2, 0.25) is 0 Å². The number of nitrogens with one attached hydrogen (secondary N) is 1. The minimum absolute atomic E-state index is 0.0179. The highest BCUT2D eigenvalue weighted by atomic mass is 19.1. The Morgan fingerprint density at radius 2 is 2.00 bits per heavy atom. The number of halogens is 1. The number of rotatable bonds is 3. The van der Waals surface area contributed by atoms with Crippen LogP contribution in [0, 0.1) is 11.7 Å². The fourth-order valence-corrected chi connectivity index (χ4v) is 3.03. The Morgan fingerprint density at radius 1 is 1.13 bits per heavy atom. The Kier molecular flexibility index (Phi) is 3.30. The topological polar surface area (TPSA) is 42.0 Å². The molecule has 4 heteroatoms. The van der Waals surface area contributed by atoms with Gasteiger partial charge in [-0.3, -0.25) is 9.78 Å². The molecule has 4 rings (SSSR count). The second-order valence-electron chi connectivity index (χ2n) is 5.87. The molecule has 1 saturated carbocycles. The summed E-state index contributed by atoms with van der Waals surface area (Å²) in [4.78, 5) is 16.8. The summed E-state index contributed by atoms with van der Waals surface area (Å²) < 4.78 is 13.3. The fraction of sp³-hybridized carbons (Fsp3) is 0.158. The van der Waals surface area contributed by atoms with Gasteiger partial charge in [-0.2, -0.15) is 0 Å². The second kappa shape index (κ2) is 5.47. The van der Waals surface area contributed by atoms with Gasteiger partial charge in [0.25, 0.3) is 0 Å². The van der Waals surface area contributed by atoms with Gasteiger partial charge in [-0.15, -0.1) is 0 Å². The van der Waals surface area contributed by atoms with Crippen LogP contribution in [-0.2, 0) is 4.79 Å². The Morgan fingerprint density at radius 3 is 2.87 bits per heavy atom. The molecule has 2 unspecified atom stereocenters. The lowest BCUT2D eigenvalue weighted by atomic mass is 10.1. The van der Waals surface area contributed by atoms with Crippen LogP contribution in [0.1, 0.15) is 17.9 Å². The van der Waals surface area contributed by atoms with Crippen LogP contribution in [0.5, 0.6) is 0 Å². The van der Waals surface area contributed by atoms with Gasteiger partial charge in [0, 0.05) is 17.5 Å². The SMILES string of the molecule is O=C(Nc1cccc2ncccc12)C1CC1c1cccc(F)c1. The maximum atomic E-state index is 13.3. The molecule has 1 heterocycles. The largest absolute Gasteiger partial charge is 0.325 e. The molecular formula is C19H15FN2O. The van der Waals surface area contributed by atoms with Crippen molar-refractivity contribution >= 4 is 22.5 Å². The molecule has 0 spiro atoms. The van der Waals surface area contributed by atoms with Gasteiger partial charge in [-0.25, -0.2) is 4.39 Å². The molecule has 3 nitrogen and oxygen atoms in total. The summed E-state index contributed by atoms with van der Waals surface area (Å²) in [5.41, 5.74) is 2.51. The number of benzene rings is 2. The van der Waals surface area contributed by atoms with E-state index >= 15 is 0 Å². The first-order chi connectivity index (χ1) is 11.2. The number of carbonyl (C=O) groups excluding carboxylic acids is 1. The van der Waals surface area contributed by atoms with Gasteiger partial charge >= 0.3 is 0 Å². The summed E-state index contributed by atoms with van der Waals surface area (Å²) in [6, 6.07) is 16.0. The number of pyridine rings is 1. The van der Waals surface area contributed by atoms with Crippen molar-refractivity contribution < 1.29 is 9.18 Å². The van der Waals surface area contributed by atoms with Crippen LogP contribution >= 0.6 is 0 Å². The molecule has 1 aromatic heterocycles. The van der Waals surface area contributed by atoms with Gasteiger partial charge in [0.05, 0.1) is 11.2 Å². The molecule has 0 radical (unpaired) electrons. The highest BCUT2D eigenvalue weighted by Gasteiger charge is 2.44. The van der Waals surface area contributed by atoms with E-state index in [0.717, 1.165) is 28.6 Å². The normalized spacial score (nSPS) is 19.5. The second-order valence-corrected chi connectivity index (χ2v) is 5.87. The Hall–Kier alpha value is -2.75. The molecule has 0 bridgehead atoms. The predicted octanol–water partition coefficient (Wildman–Crippen LogP) is 4.12. The lowest BCUT2D eigenvalue weighted by Crippen LogP contribution is -2.14. The van der Waals surface area contributed by atoms with Gasteiger partial charge in [0.15, 0.2) is 0 Å². The Bertz CT molecular complexity index is 888. The minimum Gasteiger partial charge on any atom is -0.325 e. The van der Waals surface area contributed by atoms with Gasteiger partial charge in [0.1, 0.15) is 5.82 Å². The maximum Gasteiger partial charge on any atom is 0.228 e. The quantitative estimate of drug-likeness (QED) is 0.791. The summed E-state index contributed by atoms with van der Waals surface area (Å²) in [5.74, 6) is -0.258. The van der Waals surface area contributed by atoms with E-state index in [2.05, 4.69) is 10.3 Å². The number of aromatic nitrogens is 1. The van der Waals surface area contributed by atoms with E-state index in [1.165, 1.54) is 12.1 Å². The van der Waals surface area contributed by atoms with Crippen molar-refractivity contribution in [1.29, 1.82) is 0 Å². The zero-order chi connectivity index (χ0) is 15.8. The van der Waals surface area contributed by atoms with E-state index in [1.54, 1.807) is 12.3 Å². The first kappa shape index (κ1) is 13.9. The first-order valence-corrected chi connectivity index (χ1v) is 7.62. The molecule has 1 fully saturated rings. The van der Waals surface area contributed by atoms with Gasteiger partial charge in [-0.05, 0) is 54.3 Å². The Balaban J connectivity index is 1.53.